The Labute approximate surface area is 101 Å². The Morgan fingerprint density at radius 2 is 1.69 bits per heavy atom. The third-order valence-electron chi connectivity index (χ3n) is 3.70. The van der Waals surface area contributed by atoms with E-state index in [0.29, 0.717) is 6.04 Å². The third-order valence-corrected chi connectivity index (χ3v) is 3.70. The van der Waals surface area contributed by atoms with E-state index in [0.717, 1.165) is 19.0 Å². The Balaban J connectivity index is 2.40. The second kappa shape index (κ2) is 7.25. The molecular formula is C13H29N3. The van der Waals surface area contributed by atoms with Gasteiger partial charge in [-0.15, -0.1) is 0 Å². The highest BCUT2D eigenvalue weighted by atomic mass is 15.3. The van der Waals surface area contributed by atoms with Crippen LogP contribution in [0.15, 0.2) is 0 Å². The zero-order valence-electron chi connectivity index (χ0n) is 11.5. The zero-order valence-corrected chi connectivity index (χ0v) is 11.5. The van der Waals surface area contributed by atoms with Gasteiger partial charge in [-0.05, 0) is 19.0 Å². The summed E-state index contributed by atoms with van der Waals surface area (Å²) < 4.78 is 0. The first kappa shape index (κ1) is 13.9. The number of piperazine rings is 1. The second-order valence-corrected chi connectivity index (χ2v) is 5.09. The molecule has 16 heavy (non-hydrogen) atoms. The van der Waals surface area contributed by atoms with Crippen LogP contribution in [0.2, 0.25) is 0 Å². The number of likely N-dealkylation sites (N-methyl/N-ethyl adjacent to an activating group) is 2. The van der Waals surface area contributed by atoms with Crippen LogP contribution in [-0.4, -0.2) is 61.7 Å². The SMILES string of the molecule is CCNCC(C(C)C)N1CCN(CC)CC1. The summed E-state index contributed by atoms with van der Waals surface area (Å²) in [7, 11) is 0. The molecule has 0 aromatic rings. The van der Waals surface area contributed by atoms with Gasteiger partial charge in [-0.3, -0.25) is 4.90 Å². The van der Waals surface area contributed by atoms with E-state index in [1.165, 1.54) is 32.7 Å². The average Bonchev–Trinajstić information content (AvgIpc) is 2.30. The zero-order chi connectivity index (χ0) is 12.0. The van der Waals surface area contributed by atoms with Gasteiger partial charge in [-0.1, -0.05) is 27.7 Å². The van der Waals surface area contributed by atoms with Crippen LogP contribution in [0.25, 0.3) is 0 Å². The van der Waals surface area contributed by atoms with Crippen LogP contribution >= 0.6 is 0 Å². The number of hydrogen-bond donors (Lipinski definition) is 1. The highest BCUT2D eigenvalue weighted by Gasteiger charge is 2.24. The van der Waals surface area contributed by atoms with Crippen molar-refractivity contribution in [1.29, 1.82) is 0 Å². The minimum Gasteiger partial charge on any atom is -0.315 e. The molecule has 1 fully saturated rings. The molecule has 3 nitrogen and oxygen atoms in total. The molecule has 0 radical (unpaired) electrons. The molecule has 1 heterocycles. The molecule has 0 aliphatic carbocycles. The van der Waals surface area contributed by atoms with E-state index in [2.05, 4.69) is 42.8 Å². The summed E-state index contributed by atoms with van der Waals surface area (Å²) in [5.41, 5.74) is 0. The Morgan fingerprint density at radius 1 is 1.06 bits per heavy atom. The summed E-state index contributed by atoms with van der Waals surface area (Å²) in [5.74, 6) is 0.743. The molecule has 3 heteroatoms. The third kappa shape index (κ3) is 4.04. The lowest BCUT2D eigenvalue weighted by Gasteiger charge is -2.40. The van der Waals surface area contributed by atoms with Crippen molar-refractivity contribution in [2.24, 2.45) is 5.92 Å². The highest BCUT2D eigenvalue weighted by Crippen LogP contribution is 2.13. The minimum atomic E-state index is 0.707. The summed E-state index contributed by atoms with van der Waals surface area (Å²) >= 11 is 0. The largest absolute Gasteiger partial charge is 0.315 e. The predicted octanol–water partition coefficient (Wildman–Crippen LogP) is 1.26. The Morgan fingerprint density at radius 3 is 2.12 bits per heavy atom. The first-order valence-electron chi connectivity index (χ1n) is 6.86. The van der Waals surface area contributed by atoms with E-state index >= 15 is 0 Å². The van der Waals surface area contributed by atoms with E-state index in [9.17, 15) is 0 Å². The van der Waals surface area contributed by atoms with Crippen molar-refractivity contribution >= 4 is 0 Å². The lowest BCUT2D eigenvalue weighted by atomic mass is 10.0. The molecule has 1 saturated heterocycles. The van der Waals surface area contributed by atoms with Crippen molar-refractivity contribution in [3.05, 3.63) is 0 Å². The van der Waals surface area contributed by atoms with E-state index in [1.807, 2.05) is 0 Å². The van der Waals surface area contributed by atoms with Gasteiger partial charge in [-0.2, -0.15) is 0 Å². The molecule has 1 aliphatic rings. The quantitative estimate of drug-likeness (QED) is 0.737. The van der Waals surface area contributed by atoms with Crippen molar-refractivity contribution < 1.29 is 0 Å². The molecule has 0 spiro atoms. The lowest BCUT2D eigenvalue weighted by Crippen LogP contribution is -2.54. The highest BCUT2D eigenvalue weighted by molar-refractivity contribution is 4.81. The van der Waals surface area contributed by atoms with E-state index < -0.39 is 0 Å². The van der Waals surface area contributed by atoms with Gasteiger partial charge in [0.15, 0.2) is 0 Å². The Bertz CT molecular complexity index is 174. The maximum Gasteiger partial charge on any atom is 0.0244 e. The van der Waals surface area contributed by atoms with E-state index in [4.69, 9.17) is 0 Å². The Hall–Kier alpha value is -0.120. The van der Waals surface area contributed by atoms with Crippen molar-refractivity contribution in [3.63, 3.8) is 0 Å². The maximum absolute atomic E-state index is 3.50. The van der Waals surface area contributed by atoms with Gasteiger partial charge >= 0.3 is 0 Å². The summed E-state index contributed by atoms with van der Waals surface area (Å²) in [5, 5.41) is 3.50. The molecule has 0 saturated carbocycles. The van der Waals surface area contributed by atoms with Gasteiger partial charge in [-0.25, -0.2) is 0 Å². The number of hydrogen-bond acceptors (Lipinski definition) is 3. The molecular weight excluding hydrogens is 198 g/mol. The summed E-state index contributed by atoms with van der Waals surface area (Å²) in [6.07, 6.45) is 0. The summed E-state index contributed by atoms with van der Waals surface area (Å²) in [4.78, 5) is 5.21. The van der Waals surface area contributed by atoms with Crippen LogP contribution in [0.5, 0.6) is 0 Å². The van der Waals surface area contributed by atoms with Gasteiger partial charge in [0.1, 0.15) is 0 Å². The molecule has 0 aromatic carbocycles. The minimum absolute atomic E-state index is 0.707. The van der Waals surface area contributed by atoms with E-state index in [1.54, 1.807) is 0 Å². The van der Waals surface area contributed by atoms with Gasteiger partial charge in [0.2, 0.25) is 0 Å². The van der Waals surface area contributed by atoms with Crippen LogP contribution in [0.3, 0.4) is 0 Å². The summed E-state index contributed by atoms with van der Waals surface area (Å²) in [6, 6.07) is 0.707. The smallest absolute Gasteiger partial charge is 0.0244 e. The van der Waals surface area contributed by atoms with Gasteiger partial charge in [0, 0.05) is 38.8 Å². The molecule has 0 aromatic heterocycles. The van der Waals surface area contributed by atoms with Gasteiger partial charge < -0.3 is 10.2 Å². The normalized spacial score (nSPS) is 21.6. The first-order chi connectivity index (χ1) is 7.69. The fourth-order valence-electron chi connectivity index (χ4n) is 2.49. The topological polar surface area (TPSA) is 18.5 Å². The average molecular weight is 227 g/mol. The van der Waals surface area contributed by atoms with Crippen molar-refractivity contribution in [3.8, 4) is 0 Å². The van der Waals surface area contributed by atoms with Crippen molar-refractivity contribution in [1.82, 2.24) is 15.1 Å². The van der Waals surface area contributed by atoms with E-state index in [-0.39, 0.29) is 0 Å². The number of nitrogens with zero attached hydrogens (tertiary/aromatic N) is 2. The van der Waals surface area contributed by atoms with Crippen molar-refractivity contribution in [2.75, 3.05) is 45.8 Å². The molecule has 1 aliphatic heterocycles. The van der Waals surface area contributed by atoms with Crippen molar-refractivity contribution in [2.45, 2.75) is 33.7 Å². The first-order valence-corrected chi connectivity index (χ1v) is 6.86. The standard InChI is InChI=1S/C13H29N3/c1-5-14-11-13(12(3)4)16-9-7-15(6-2)8-10-16/h12-14H,5-11H2,1-4H3. The number of rotatable bonds is 6. The Kier molecular flexibility index (Phi) is 6.32. The van der Waals surface area contributed by atoms with Crippen LogP contribution in [0, 0.1) is 5.92 Å². The van der Waals surface area contributed by atoms with Crippen LogP contribution in [0.4, 0.5) is 0 Å². The predicted molar refractivity (Wildman–Crippen MR) is 70.9 cm³/mol. The molecule has 0 bridgehead atoms. The van der Waals surface area contributed by atoms with Gasteiger partial charge in [0.05, 0.1) is 0 Å². The molecule has 1 rings (SSSR count). The summed E-state index contributed by atoms with van der Waals surface area (Å²) in [6.45, 7) is 17.5. The fraction of sp³-hybridized carbons (Fsp3) is 1.00. The van der Waals surface area contributed by atoms with Crippen LogP contribution in [0.1, 0.15) is 27.7 Å². The molecule has 1 N–H and O–H groups in total. The maximum atomic E-state index is 3.50. The second-order valence-electron chi connectivity index (χ2n) is 5.09. The molecule has 96 valence electrons. The monoisotopic (exact) mass is 227 g/mol. The van der Waals surface area contributed by atoms with Gasteiger partial charge in [0.25, 0.3) is 0 Å². The van der Waals surface area contributed by atoms with Crippen LogP contribution < -0.4 is 5.32 Å². The van der Waals surface area contributed by atoms with Crippen LogP contribution in [-0.2, 0) is 0 Å². The molecule has 1 unspecified atom stereocenters. The fourth-order valence-corrected chi connectivity index (χ4v) is 2.49. The molecule has 0 amide bonds. The number of nitrogens with one attached hydrogen (secondary N) is 1. The lowest BCUT2D eigenvalue weighted by molar-refractivity contribution is 0.0786. The molecule has 1 atom stereocenters.